The van der Waals surface area contributed by atoms with E-state index in [1.807, 2.05) is 6.07 Å². The number of H-pyrrole nitrogens is 1. The Labute approximate surface area is 183 Å². The molecule has 0 spiro atoms. The first-order valence-corrected chi connectivity index (χ1v) is 10.9. The Hall–Kier alpha value is -3.14. The Bertz CT molecular complexity index is 1120. The quantitative estimate of drug-likeness (QED) is 0.561. The molecule has 0 unspecified atom stereocenters. The lowest BCUT2D eigenvalue weighted by Gasteiger charge is -2.43. The van der Waals surface area contributed by atoms with Crippen molar-refractivity contribution in [1.82, 2.24) is 30.7 Å². The minimum absolute atomic E-state index is 0.0127. The number of fused-ring (bicyclic) bond motifs is 2. The highest BCUT2D eigenvalue weighted by molar-refractivity contribution is 5.72. The molecule has 8 nitrogen and oxygen atoms in total. The third-order valence-corrected chi connectivity index (χ3v) is 6.82. The molecule has 3 N–H and O–H groups in total. The van der Waals surface area contributed by atoms with Gasteiger partial charge in [0.2, 0.25) is 0 Å². The summed E-state index contributed by atoms with van der Waals surface area (Å²) in [7, 11) is 0. The number of anilines is 1. The fourth-order valence-electron chi connectivity index (χ4n) is 5.04. The van der Waals surface area contributed by atoms with Gasteiger partial charge in [-0.25, -0.2) is 13.8 Å². The Morgan fingerprint density at radius 2 is 1.94 bits per heavy atom. The monoisotopic (exact) mass is 439 g/mol. The Balaban J connectivity index is 1.29. The van der Waals surface area contributed by atoms with E-state index in [1.54, 1.807) is 29.4 Å². The Morgan fingerprint density at radius 3 is 2.62 bits per heavy atom. The van der Waals surface area contributed by atoms with Gasteiger partial charge in [0.25, 0.3) is 5.92 Å². The molecule has 1 aliphatic carbocycles. The third kappa shape index (κ3) is 3.21. The van der Waals surface area contributed by atoms with Gasteiger partial charge in [-0.1, -0.05) is 6.07 Å². The van der Waals surface area contributed by atoms with E-state index in [9.17, 15) is 5.11 Å². The number of benzene rings is 1. The second-order valence-corrected chi connectivity index (χ2v) is 8.92. The van der Waals surface area contributed by atoms with Crippen LogP contribution in [0.5, 0.6) is 5.75 Å². The van der Waals surface area contributed by atoms with Gasteiger partial charge in [0, 0.05) is 23.8 Å². The number of rotatable bonds is 5. The minimum Gasteiger partial charge on any atom is -0.507 e. The van der Waals surface area contributed by atoms with E-state index in [0.717, 1.165) is 30.4 Å². The Morgan fingerprint density at radius 1 is 1.06 bits per heavy atom. The summed E-state index contributed by atoms with van der Waals surface area (Å²) in [6.45, 7) is 0. The zero-order chi connectivity index (χ0) is 21.9. The van der Waals surface area contributed by atoms with Crippen LogP contribution >= 0.6 is 0 Å². The summed E-state index contributed by atoms with van der Waals surface area (Å²) in [5.74, 6) is -2.20. The van der Waals surface area contributed by atoms with E-state index >= 15 is 8.78 Å². The summed E-state index contributed by atoms with van der Waals surface area (Å²) in [6, 6.07) is 3.64. The number of piperidine rings is 1. The van der Waals surface area contributed by atoms with Gasteiger partial charge in [0.1, 0.15) is 5.75 Å². The first kappa shape index (κ1) is 19.5. The molecule has 0 radical (unpaired) electrons. The van der Waals surface area contributed by atoms with Gasteiger partial charge in [-0.05, 0) is 49.8 Å². The highest BCUT2D eigenvalue weighted by Gasteiger charge is 2.58. The lowest BCUT2D eigenvalue weighted by molar-refractivity contribution is -0.0743. The zero-order valence-corrected chi connectivity index (χ0v) is 17.2. The van der Waals surface area contributed by atoms with Crippen LogP contribution in [-0.4, -0.2) is 60.6 Å². The molecule has 4 heterocycles. The molecule has 3 aliphatic rings. The van der Waals surface area contributed by atoms with Crippen LogP contribution in [0.25, 0.3) is 22.5 Å². The Kier molecular flexibility index (Phi) is 4.39. The standard InChI is InChI=1S/C22H23F2N7O/c23-22(24)18-6-2-14(28-18)8-19(22)31(15-3-4-15)20-11-25-21(30-29-20)16-5-1-12(7-17(16)32)13-9-26-27-10-13/h1,5,7,9-11,14-15,18-19,28,32H,2-4,6,8H2,(H,26,27)/t14-,18+,19-/m1/s1. The molecule has 6 rings (SSSR count). The van der Waals surface area contributed by atoms with Gasteiger partial charge in [-0.2, -0.15) is 5.10 Å². The number of aromatic nitrogens is 5. The summed E-state index contributed by atoms with van der Waals surface area (Å²) in [5, 5.41) is 28.7. The van der Waals surface area contributed by atoms with E-state index in [-0.39, 0.29) is 23.7 Å². The second-order valence-electron chi connectivity index (χ2n) is 8.92. The first-order chi connectivity index (χ1) is 15.5. The molecule has 0 amide bonds. The number of hydrogen-bond donors (Lipinski definition) is 3. The smallest absolute Gasteiger partial charge is 0.283 e. The van der Waals surface area contributed by atoms with Crippen molar-refractivity contribution in [3.8, 4) is 28.3 Å². The maximum atomic E-state index is 15.2. The largest absolute Gasteiger partial charge is 0.507 e. The lowest BCUT2D eigenvalue weighted by Crippen LogP contribution is -2.63. The van der Waals surface area contributed by atoms with Crippen LogP contribution in [0.3, 0.4) is 0 Å². The second kappa shape index (κ2) is 7.19. The van der Waals surface area contributed by atoms with E-state index in [4.69, 9.17) is 0 Å². The van der Waals surface area contributed by atoms with E-state index in [1.165, 1.54) is 6.20 Å². The van der Waals surface area contributed by atoms with Gasteiger partial charge in [-0.3, -0.25) is 5.10 Å². The van der Waals surface area contributed by atoms with Crippen molar-refractivity contribution in [3.05, 3.63) is 36.8 Å². The molecule has 1 aromatic carbocycles. The molecule has 2 saturated heterocycles. The van der Waals surface area contributed by atoms with E-state index in [2.05, 4.69) is 30.7 Å². The van der Waals surface area contributed by atoms with Crippen molar-refractivity contribution >= 4 is 5.82 Å². The first-order valence-electron chi connectivity index (χ1n) is 10.9. The molecule has 32 heavy (non-hydrogen) atoms. The summed E-state index contributed by atoms with van der Waals surface area (Å²) < 4.78 is 30.4. The van der Waals surface area contributed by atoms with Crippen LogP contribution in [0.4, 0.5) is 14.6 Å². The van der Waals surface area contributed by atoms with Gasteiger partial charge >= 0.3 is 0 Å². The number of nitrogens with zero attached hydrogens (tertiary/aromatic N) is 5. The van der Waals surface area contributed by atoms with E-state index < -0.39 is 18.0 Å². The average molecular weight is 439 g/mol. The number of nitrogens with one attached hydrogen (secondary N) is 2. The third-order valence-electron chi connectivity index (χ3n) is 6.82. The minimum atomic E-state index is -2.84. The number of aromatic amines is 1. The molecular weight excluding hydrogens is 416 g/mol. The SMILES string of the molecule is Oc1cc(-c2cn[nH]c2)ccc1-c1ncc(N(C2CC2)[C@@H]2C[C@H]3CC[C@H](N3)C2(F)F)nn1. The van der Waals surface area contributed by atoms with E-state index in [0.29, 0.717) is 24.2 Å². The van der Waals surface area contributed by atoms with Gasteiger partial charge in [0.15, 0.2) is 11.6 Å². The number of alkyl halides is 2. The van der Waals surface area contributed by atoms with Gasteiger partial charge in [-0.15, -0.1) is 10.2 Å². The molecule has 10 heteroatoms. The molecule has 166 valence electrons. The maximum absolute atomic E-state index is 15.2. The molecule has 2 aliphatic heterocycles. The summed E-state index contributed by atoms with van der Waals surface area (Å²) in [6.07, 6.45) is 8.32. The molecule has 2 bridgehead atoms. The van der Waals surface area contributed by atoms with Crippen molar-refractivity contribution in [2.45, 2.75) is 62.2 Å². The van der Waals surface area contributed by atoms with Crippen molar-refractivity contribution in [3.63, 3.8) is 0 Å². The molecular formula is C22H23F2N7O. The highest BCUT2D eigenvalue weighted by Crippen LogP contribution is 2.45. The van der Waals surface area contributed by atoms with Gasteiger partial charge in [0.05, 0.1) is 30.0 Å². The highest BCUT2D eigenvalue weighted by atomic mass is 19.3. The fourth-order valence-corrected chi connectivity index (χ4v) is 5.04. The predicted octanol–water partition coefficient (Wildman–Crippen LogP) is 3.13. The van der Waals surface area contributed by atoms with Crippen LogP contribution in [0.15, 0.2) is 36.8 Å². The number of hydrogen-bond acceptors (Lipinski definition) is 7. The molecule has 1 saturated carbocycles. The topological polar surface area (TPSA) is 103 Å². The van der Waals surface area contributed by atoms with Crippen LogP contribution in [0.2, 0.25) is 0 Å². The van der Waals surface area contributed by atoms with Crippen LogP contribution < -0.4 is 10.2 Å². The van der Waals surface area contributed by atoms with Crippen LogP contribution in [0.1, 0.15) is 32.1 Å². The van der Waals surface area contributed by atoms with Crippen LogP contribution in [0, 0.1) is 0 Å². The average Bonchev–Trinajstić information content (AvgIpc) is 3.29. The molecule has 3 fully saturated rings. The van der Waals surface area contributed by atoms with Crippen molar-refractivity contribution in [1.29, 1.82) is 0 Å². The van der Waals surface area contributed by atoms with Crippen molar-refractivity contribution in [2.24, 2.45) is 0 Å². The van der Waals surface area contributed by atoms with Crippen molar-refractivity contribution < 1.29 is 13.9 Å². The molecule has 2 aromatic heterocycles. The number of phenolic OH excluding ortho intramolecular Hbond substituents is 1. The number of phenols is 1. The summed E-state index contributed by atoms with van der Waals surface area (Å²) in [4.78, 5) is 6.12. The normalized spacial score (nSPS) is 26.2. The number of halogens is 2. The molecule has 3 aromatic rings. The van der Waals surface area contributed by atoms with Gasteiger partial charge < -0.3 is 15.3 Å². The summed E-state index contributed by atoms with van der Waals surface area (Å²) >= 11 is 0. The maximum Gasteiger partial charge on any atom is 0.283 e. The molecule has 3 atom stereocenters. The predicted molar refractivity (Wildman–Crippen MR) is 113 cm³/mol. The fraction of sp³-hybridized carbons (Fsp3) is 0.455. The van der Waals surface area contributed by atoms with Crippen LogP contribution in [-0.2, 0) is 0 Å². The van der Waals surface area contributed by atoms with Crippen molar-refractivity contribution in [2.75, 3.05) is 4.90 Å². The zero-order valence-electron chi connectivity index (χ0n) is 17.2. The lowest BCUT2D eigenvalue weighted by atomic mass is 9.93. The summed E-state index contributed by atoms with van der Waals surface area (Å²) in [5.41, 5.74) is 2.07. The number of aromatic hydroxyl groups is 1.